The van der Waals surface area contributed by atoms with Crippen molar-refractivity contribution < 1.29 is 4.74 Å². The van der Waals surface area contributed by atoms with E-state index in [2.05, 4.69) is 24.1 Å². The van der Waals surface area contributed by atoms with Crippen molar-refractivity contribution in [1.82, 2.24) is 10.2 Å². The van der Waals surface area contributed by atoms with Gasteiger partial charge in [-0.15, -0.1) is 0 Å². The fourth-order valence-electron chi connectivity index (χ4n) is 1.95. The highest BCUT2D eigenvalue weighted by atomic mass is 16.5. The van der Waals surface area contributed by atoms with Crippen LogP contribution in [0.5, 0.6) is 0 Å². The molecule has 1 N–H and O–H groups in total. The quantitative estimate of drug-likeness (QED) is 0.602. The third kappa shape index (κ3) is 1.49. The monoisotopic (exact) mass is 170 g/mol. The molecule has 0 radical (unpaired) electrons. The van der Waals surface area contributed by atoms with Crippen LogP contribution in [0.25, 0.3) is 0 Å². The predicted octanol–water partition coefficient (Wildman–Crippen LogP) is 0.0674. The van der Waals surface area contributed by atoms with Crippen LogP contribution in [-0.2, 0) is 4.74 Å². The lowest BCUT2D eigenvalue weighted by molar-refractivity contribution is -0.0733. The van der Waals surface area contributed by atoms with Crippen LogP contribution in [0, 0.1) is 0 Å². The maximum Gasteiger partial charge on any atom is 0.0674 e. The van der Waals surface area contributed by atoms with Crippen LogP contribution in [0.1, 0.15) is 13.8 Å². The Bertz CT molecular complexity index is 157. The molecule has 70 valence electrons. The molecule has 3 heteroatoms. The molecule has 0 aromatic carbocycles. The van der Waals surface area contributed by atoms with Crippen molar-refractivity contribution in [2.24, 2.45) is 0 Å². The van der Waals surface area contributed by atoms with Crippen LogP contribution in [0.2, 0.25) is 0 Å². The van der Waals surface area contributed by atoms with Crippen LogP contribution in [-0.4, -0.2) is 49.3 Å². The van der Waals surface area contributed by atoms with Crippen LogP contribution in [0.3, 0.4) is 0 Å². The Morgan fingerprint density at radius 3 is 2.67 bits per heavy atom. The van der Waals surface area contributed by atoms with Crippen molar-refractivity contribution in [3.8, 4) is 0 Å². The molecule has 3 nitrogen and oxygen atoms in total. The van der Waals surface area contributed by atoms with E-state index in [1.54, 1.807) is 0 Å². The van der Waals surface area contributed by atoms with E-state index in [1.807, 2.05) is 0 Å². The molecule has 0 bridgehead atoms. The van der Waals surface area contributed by atoms with E-state index in [0.29, 0.717) is 12.1 Å². The first-order valence-electron chi connectivity index (χ1n) is 4.85. The molecule has 2 saturated heterocycles. The van der Waals surface area contributed by atoms with Crippen molar-refractivity contribution in [2.45, 2.75) is 32.0 Å². The first-order valence-corrected chi connectivity index (χ1v) is 4.85. The van der Waals surface area contributed by atoms with Crippen LogP contribution >= 0.6 is 0 Å². The zero-order chi connectivity index (χ0) is 8.55. The van der Waals surface area contributed by atoms with Gasteiger partial charge < -0.3 is 10.1 Å². The lowest BCUT2D eigenvalue weighted by atomic mass is 10.1. The van der Waals surface area contributed by atoms with Crippen LogP contribution in [0.4, 0.5) is 0 Å². The van der Waals surface area contributed by atoms with Gasteiger partial charge in [0.25, 0.3) is 0 Å². The molecular formula is C9H18N2O. The largest absolute Gasteiger partial charge is 0.376 e. The highest BCUT2D eigenvalue weighted by molar-refractivity contribution is 4.89. The highest BCUT2D eigenvalue weighted by Gasteiger charge is 2.32. The van der Waals surface area contributed by atoms with Gasteiger partial charge in [0, 0.05) is 31.7 Å². The zero-order valence-electron chi connectivity index (χ0n) is 7.92. The summed E-state index contributed by atoms with van der Waals surface area (Å²) < 4.78 is 5.58. The molecule has 2 unspecified atom stereocenters. The van der Waals surface area contributed by atoms with Gasteiger partial charge in [-0.1, -0.05) is 0 Å². The summed E-state index contributed by atoms with van der Waals surface area (Å²) in [5.74, 6) is 0. The van der Waals surface area contributed by atoms with E-state index >= 15 is 0 Å². The molecule has 0 aliphatic carbocycles. The maximum atomic E-state index is 5.58. The van der Waals surface area contributed by atoms with Gasteiger partial charge in [0.1, 0.15) is 0 Å². The van der Waals surface area contributed by atoms with Crippen molar-refractivity contribution >= 4 is 0 Å². The van der Waals surface area contributed by atoms with Gasteiger partial charge in [0.15, 0.2) is 0 Å². The Hall–Kier alpha value is -0.120. The number of hydrogen-bond donors (Lipinski definition) is 1. The molecule has 0 amide bonds. The highest BCUT2D eigenvalue weighted by Crippen LogP contribution is 2.16. The van der Waals surface area contributed by atoms with Crippen molar-refractivity contribution in [2.75, 3.05) is 26.2 Å². The minimum absolute atomic E-state index is 0.418. The molecule has 2 atom stereocenters. The molecule has 0 saturated carbocycles. The predicted molar refractivity (Wildman–Crippen MR) is 48.2 cm³/mol. The number of rotatable bonds is 1. The molecule has 2 fully saturated rings. The smallest absolute Gasteiger partial charge is 0.0674 e. The van der Waals surface area contributed by atoms with Crippen molar-refractivity contribution in [3.05, 3.63) is 0 Å². The Balaban J connectivity index is 1.91. The van der Waals surface area contributed by atoms with Gasteiger partial charge in [-0.2, -0.15) is 0 Å². The molecule has 2 rings (SSSR count). The Morgan fingerprint density at radius 1 is 1.33 bits per heavy atom. The average Bonchev–Trinajstić information content (AvgIpc) is 1.93. The fraction of sp³-hybridized carbons (Fsp3) is 1.00. The SMILES string of the molecule is CC1CN(C2CNC2)C(C)CO1. The molecule has 0 aromatic rings. The fourth-order valence-corrected chi connectivity index (χ4v) is 1.95. The summed E-state index contributed by atoms with van der Waals surface area (Å²) >= 11 is 0. The second-order valence-electron chi connectivity index (χ2n) is 4.00. The standard InChI is InChI=1S/C9H18N2O/c1-7-6-12-8(2)5-11(7)9-3-10-4-9/h7-10H,3-6H2,1-2H3. The van der Waals surface area contributed by atoms with Gasteiger partial charge in [0.05, 0.1) is 12.7 Å². The number of hydrogen-bond acceptors (Lipinski definition) is 3. The lowest BCUT2D eigenvalue weighted by Gasteiger charge is -2.45. The van der Waals surface area contributed by atoms with Crippen LogP contribution in [0.15, 0.2) is 0 Å². The molecule has 2 aliphatic heterocycles. The normalized spacial score (nSPS) is 39.5. The second kappa shape index (κ2) is 3.32. The summed E-state index contributed by atoms with van der Waals surface area (Å²) in [6.07, 6.45) is 0.418. The minimum Gasteiger partial charge on any atom is -0.376 e. The number of morpholine rings is 1. The van der Waals surface area contributed by atoms with E-state index in [9.17, 15) is 0 Å². The lowest BCUT2D eigenvalue weighted by Crippen LogP contribution is -2.63. The number of nitrogens with one attached hydrogen (secondary N) is 1. The Morgan fingerprint density at radius 2 is 2.08 bits per heavy atom. The minimum atomic E-state index is 0.418. The van der Waals surface area contributed by atoms with Gasteiger partial charge in [-0.05, 0) is 13.8 Å². The second-order valence-corrected chi connectivity index (χ2v) is 4.00. The molecule has 2 aliphatic rings. The third-order valence-electron chi connectivity index (χ3n) is 2.88. The third-order valence-corrected chi connectivity index (χ3v) is 2.88. The van der Waals surface area contributed by atoms with Gasteiger partial charge >= 0.3 is 0 Å². The average molecular weight is 170 g/mol. The topological polar surface area (TPSA) is 24.5 Å². The van der Waals surface area contributed by atoms with E-state index in [0.717, 1.165) is 32.3 Å². The van der Waals surface area contributed by atoms with E-state index in [1.165, 1.54) is 0 Å². The summed E-state index contributed by atoms with van der Waals surface area (Å²) in [6.45, 7) is 8.74. The van der Waals surface area contributed by atoms with Gasteiger partial charge in [0.2, 0.25) is 0 Å². The van der Waals surface area contributed by atoms with E-state index in [4.69, 9.17) is 4.74 Å². The first-order chi connectivity index (χ1) is 5.77. The molecule has 12 heavy (non-hydrogen) atoms. The number of nitrogens with zero attached hydrogens (tertiary/aromatic N) is 1. The van der Waals surface area contributed by atoms with Crippen molar-refractivity contribution in [1.29, 1.82) is 0 Å². The first kappa shape index (κ1) is 8.48. The van der Waals surface area contributed by atoms with Crippen LogP contribution < -0.4 is 5.32 Å². The summed E-state index contributed by atoms with van der Waals surface area (Å²) in [5, 5.41) is 3.31. The Labute approximate surface area is 74.1 Å². The molecule has 0 aromatic heterocycles. The molecular weight excluding hydrogens is 152 g/mol. The van der Waals surface area contributed by atoms with Gasteiger partial charge in [-0.25, -0.2) is 0 Å². The Kier molecular flexibility index (Phi) is 2.35. The van der Waals surface area contributed by atoms with E-state index < -0.39 is 0 Å². The zero-order valence-corrected chi connectivity index (χ0v) is 7.92. The summed E-state index contributed by atoms with van der Waals surface area (Å²) in [7, 11) is 0. The molecule has 0 spiro atoms. The van der Waals surface area contributed by atoms with Gasteiger partial charge in [-0.3, -0.25) is 4.90 Å². The summed E-state index contributed by atoms with van der Waals surface area (Å²) in [6, 6.07) is 1.37. The van der Waals surface area contributed by atoms with Crippen molar-refractivity contribution in [3.63, 3.8) is 0 Å². The summed E-state index contributed by atoms with van der Waals surface area (Å²) in [4.78, 5) is 2.57. The van der Waals surface area contributed by atoms with E-state index in [-0.39, 0.29) is 0 Å². The summed E-state index contributed by atoms with van der Waals surface area (Å²) in [5.41, 5.74) is 0. The maximum absolute atomic E-state index is 5.58. The molecule has 2 heterocycles. The number of ether oxygens (including phenoxy) is 1.